The van der Waals surface area contributed by atoms with Gasteiger partial charge in [0, 0.05) is 13.5 Å². The summed E-state index contributed by atoms with van der Waals surface area (Å²) in [4.78, 5) is 9.00. The van der Waals surface area contributed by atoms with E-state index in [0.717, 1.165) is 46.2 Å². The van der Waals surface area contributed by atoms with Crippen LogP contribution in [0.3, 0.4) is 0 Å². The Morgan fingerprint density at radius 2 is 1.50 bits per heavy atom. The van der Waals surface area contributed by atoms with E-state index in [1.807, 2.05) is 0 Å². The first kappa shape index (κ1) is 20.7. The second kappa shape index (κ2) is 19.8. The van der Waals surface area contributed by atoms with Crippen LogP contribution in [0, 0.1) is 0 Å². The summed E-state index contributed by atoms with van der Waals surface area (Å²) in [5.74, 6) is -0.833. The monoisotopic (exact) mass is 240 g/mol. The van der Waals surface area contributed by atoms with Gasteiger partial charge in [0.15, 0.2) is 0 Å². The largest absolute Gasteiger partial charge is 0.481 e. The minimum atomic E-state index is -0.833. The van der Waals surface area contributed by atoms with Crippen molar-refractivity contribution in [2.24, 2.45) is 0 Å². The van der Waals surface area contributed by atoms with E-state index < -0.39 is 5.97 Å². The van der Waals surface area contributed by atoms with E-state index in [-0.39, 0.29) is 5.48 Å². The first-order valence-corrected chi connectivity index (χ1v) is 5.11. The molecule has 0 atom stereocenters. The van der Waals surface area contributed by atoms with Gasteiger partial charge in [0.2, 0.25) is 0 Å². The Morgan fingerprint density at radius 3 is 1.56 bits per heavy atom. The summed E-state index contributed by atoms with van der Waals surface area (Å²) >= 11 is 0. The van der Waals surface area contributed by atoms with Crippen molar-refractivity contribution in [3.05, 3.63) is 0 Å². The van der Waals surface area contributed by atoms with Crippen LogP contribution < -0.4 is 0 Å². The number of carboxylic acids is 1. The third-order valence-electron chi connectivity index (χ3n) is 1.26. The number of hydrogen-bond donors (Lipinski definition) is 2. The molecule has 0 aromatic rings. The van der Waals surface area contributed by atoms with E-state index in [1.165, 1.54) is 0 Å². The predicted molar refractivity (Wildman–Crippen MR) is 60.6 cm³/mol. The minimum Gasteiger partial charge on any atom is -0.481 e. The summed E-state index contributed by atoms with van der Waals surface area (Å²) in [5, 5.41) is 15.5. The molecule has 0 aliphatic carbocycles. The van der Waals surface area contributed by atoms with Gasteiger partial charge in [0.1, 0.15) is 0 Å². The van der Waals surface area contributed by atoms with E-state index in [0.29, 0.717) is 6.61 Å². The van der Waals surface area contributed by atoms with Gasteiger partial charge in [-0.15, -0.1) is 0 Å². The van der Waals surface area contributed by atoms with Crippen LogP contribution in [0.15, 0.2) is 0 Å². The van der Waals surface area contributed by atoms with Crippen molar-refractivity contribution in [3.63, 3.8) is 0 Å². The maximum absolute atomic E-state index is 9.00. The van der Waals surface area contributed by atoms with Gasteiger partial charge in [0.25, 0.3) is 5.97 Å². The van der Waals surface area contributed by atoms with Crippen LogP contribution in [0.5, 0.6) is 0 Å². The highest BCUT2D eigenvalue weighted by molar-refractivity contribution is 5.62. The molecule has 0 saturated carbocycles. The molecule has 0 bridgehead atoms. The molecule has 0 unspecified atom stereocenters. The summed E-state index contributed by atoms with van der Waals surface area (Å²) in [6.45, 7) is 6.59. The fourth-order valence-electron chi connectivity index (χ4n) is 0.598. The quantitative estimate of drug-likeness (QED) is 0.710. The zero-order valence-electron chi connectivity index (χ0n) is 10.1. The van der Waals surface area contributed by atoms with Crippen molar-refractivity contribution in [1.29, 1.82) is 0 Å². The van der Waals surface area contributed by atoms with Crippen molar-refractivity contribution >= 4 is 5.97 Å². The summed E-state index contributed by atoms with van der Waals surface area (Å²) in [5.41, 5.74) is 0. The second-order valence-electron chi connectivity index (χ2n) is 2.82. The van der Waals surface area contributed by atoms with Crippen molar-refractivity contribution in [3.8, 4) is 0 Å². The Balaban J connectivity index is -0.000000158. The molecule has 0 amide bonds. The molecular weight excluding hydrogens is 216 g/mol. The lowest BCUT2D eigenvalue weighted by Gasteiger charge is -2.09. The van der Waals surface area contributed by atoms with Crippen LogP contribution >= 0.6 is 0 Å². The molecular formula is C10H24O6. The van der Waals surface area contributed by atoms with E-state index >= 15 is 0 Å². The molecule has 1 aliphatic rings. The van der Waals surface area contributed by atoms with Gasteiger partial charge in [0.05, 0.1) is 26.4 Å². The number of unbranched alkanes of at least 4 members (excludes halogenated alkanes) is 1. The van der Waals surface area contributed by atoms with Crippen molar-refractivity contribution in [2.75, 3.05) is 33.0 Å². The van der Waals surface area contributed by atoms with Gasteiger partial charge >= 0.3 is 0 Å². The lowest BCUT2D eigenvalue weighted by atomic mass is 10.4. The number of carbonyl (C=O) groups is 1. The molecule has 0 spiro atoms. The normalized spacial score (nSPS) is 13.2. The number of rotatable bonds is 2. The van der Waals surface area contributed by atoms with Crippen molar-refractivity contribution in [2.45, 2.75) is 26.7 Å². The van der Waals surface area contributed by atoms with Crippen LogP contribution in [0.4, 0.5) is 0 Å². The summed E-state index contributed by atoms with van der Waals surface area (Å²) in [6, 6.07) is 0. The Labute approximate surface area is 96.5 Å². The molecule has 16 heavy (non-hydrogen) atoms. The Kier molecular flexibility index (Phi) is 25.6. The van der Waals surface area contributed by atoms with Crippen LogP contribution in [-0.2, 0) is 14.3 Å². The number of aliphatic hydroxyl groups excluding tert-OH is 1. The molecule has 0 aromatic heterocycles. The summed E-state index contributed by atoms with van der Waals surface area (Å²) < 4.78 is 9.89. The maximum Gasteiger partial charge on any atom is 0.300 e. The first-order valence-electron chi connectivity index (χ1n) is 5.11. The number of aliphatic carboxylic acids is 1. The van der Waals surface area contributed by atoms with Gasteiger partial charge in [-0.3, -0.25) is 4.79 Å². The molecule has 1 fully saturated rings. The Bertz CT molecular complexity index is 107. The third-order valence-corrected chi connectivity index (χ3v) is 1.26. The smallest absolute Gasteiger partial charge is 0.300 e. The average molecular weight is 240 g/mol. The highest BCUT2D eigenvalue weighted by Gasteiger charge is 1.94. The molecule has 1 aliphatic heterocycles. The van der Waals surface area contributed by atoms with Gasteiger partial charge in [-0.1, -0.05) is 13.3 Å². The van der Waals surface area contributed by atoms with Gasteiger partial charge in [-0.25, -0.2) is 0 Å². The highest BCUT2D eigenvalue weighted by atomic mass is 16.6. The molecule has 0 aromatic carbocycles. The van der Waals surface area contributed by atoms with Crippen molar-refractivity contribution in [1.82, 2.24) is 0 Å². The SMILES string of the molecule is C1COCCO1.CC(=O)O.CCCCO.O. The molecule has 1 heterocycles. The van der Waals surface area contributed by atoms with Gasteiger partial charge < -0.3 is 25.2 Å². The molecule has 6 heteroatoms. The van der Waals surface area contributed by atoms with Gasteiger partial charge in [-0.05, 0) is 6.42 Å². The molecule has 6 nitrogen and oxygen atoms in total. The second-order valence-corrected chi connectivity index (χ2v) is 2.82. The maximum atomic E-state index is 9.00. The third kappa shape index (κ3) is 37.7. The molecule has 100 valence electrons. The number of aliphatic hydroxyl groups is 1. The van der Waals surface area contributed by atoms with Crippen molar-refractivity contribution < 1.29 is 30.0 Å². The van der Waals surface area contributed by atoms with Gasteiger partial charge in [-0.2, -0.15) is 0 Å². The summed E-state index contributed by atoms with van der Waals surface area (Å²) in [7, 11) is 0. The van der Waals surface area contributed by atoms with E-state index in [2.05, 4.69) is 6.92 Å². The number of carboxylic acid groups (broad SMARTS) is 1. The molecule has 1 saturated heterocycles. The standard InChI is InChI=1S/C4H8O2.C4H10O.C2H4O2.H2O/c1-2-6-4-3-5-1;1-2-3-4-5;1-2(3)4;/h1-4H2;5H,2-4H2,1H3;1H3,(H,3,4);1H2. The first-order chi connectivity index (χ1) is 7.15. The Morgan fingerprint density at radius 1 is 1.19 bits per heavy atom. The topological polar surface area (TPSA) is 107 Å². The Hall–Kier alpha value is -0.690. The average Bonchev–Trinajstić information content (AvgIpc) is 2.22. The zero-order valence-corrected chi connectivity index (χ0v) is 10.1. The van der Waals surface area contributed by atoms with Crippen LogP contribution in [0.1, 0.15) is 26.7 Å². The van der Waals surface area contributed by atoms with E-state index in [9.17, 15) is 0 Å². The van der Waals surface area contributed by atoms with E-state index in [1.54, 1.807) is 0 Å². The lowest BCUT2D eigenvalue weighted by Crippen LogP contribution is -2.16. The minimum absolute atomic E-state index is 0. The number of hydrogen-bond acceptors (Lipinski definition) is 4. The zero-order chi connectivity index (χ0) is 11.9. The molecule has 0 radical (unpaired) electrons. The van der Waals surface area contributed by atoms with Crippen LogP contribution in [-0.4, -0.2) is 54.7 Å². The lowest BCUT2D eigenvalue weighted by molar-refractivity contribution is -0.134. The fourth-order valence-corrected chi connectivity index (χ4v) is 0.598. The van der Waals surface area contributed by atoms with E-state index in [4.69, 9.17) is 24.5 Å². The fraction of sp³-hybridized carbons (Fsp3) is 0.900. The highest BCUT2D eigenvalue weighted by Crippen LogP contribution is 1.85. The summed E-state index contributed by atoms with van der Waals surface area (Å²) in [6.07, 6.45) is 2.04. The predicted octanol–water partition coefficient (Wildman–Crippen LogP) is 0.0782. The van der Waals surface area contributed by atoms with Crippen LogP contribution in [0.25, 0.3) is 0 Å². The number of ether oxygens (including phenoxy) is 2. The van der Waals surface area contributed by atoms with Crippen LogP contribution in [0.2, 0.25) is 0 Å². The molecule has 4 N–H and O–H groups in total. The molecule has 1 rings (SSSR count).